The highest BCUT2D eigenvalue weighted by molar-refractivity contribution is 5.53. The maximum absolute atomic E-state index is 5.96. The Labute approximate surface area is 145 Å². The Kier molecular flexibility index (Phi) is 6.12. The van der Waals surface area contributed by atoms with Gasteiger partial charge in [-0.05, 0) is 64.8 Å². The van der Waals surface area contributed by atoms with Crippen molar-refractivity contribution < 1.29 is 19.1 Å². The van der Waals surface area contributed by atoms with Gasteiger partial charge in [0.15, 0.2) is 0 Å². The monoisotopic (exact) mass is 337 g/mol. The minimum Gasteiger partial charge on any atom is -0.491 e. The average molecular weight is 337 g/mol. The third-order valence-electron chi connectivity index (χ3n) is 4.58. The van der Waals surface area contributed by atoms with E-state index in [1.54, 1.807) is 0 Å². The maximum atomic E-state index is 5.96. The third-order valence-corrected chi connectivity index (χ3v) is 4.58. The molecule has 0 radical (unpaired) electrons. The summed E-state index contributed by atoms with van der Waals surface area (Å²) in [6.07, 6.45) is 2.24. The quantitative estimate of drug-likeness (QED) is 0.656. The molecule has 0 atom stereocenters. The molecule has 0 saturated carbocycles. The first-order valence-corrected chi connectivity index (χ1v) is 8.76. The summed E-state index contributed by atoms with van der Waals surface area (Å²) in [6, 6.07) is 5.88. The molecule has 24 heavy (non-hydrogen) atoms. The molecule has 136 valence electrons. The van der Waals surface area contributed by atoms with Gasteiger partial charge in [-0.25, -0.2) is 9.68 Å². The van der Waals surface area contributed by atoms with Crippen LogP contribution in [0.15, 0.2) is 18.2 Å². The van der Waals surface area contributed by atoms with Crippen LogP contribution >= 0.6 is 0 Å². The molecule has 1 fully saturated rings. The van der Waals surface area contributed by atoms with Crippen LogP contribution in [0.25, 0.3) is 0 Å². The summed E-state index contributed by atoms with van der Waals surface area (Å²) in [4.78, 5) is 11.9. The van der Waals surface area contributed by atoms with Gasteiger partial charge in [0, 0.05) is 6.61 Å². The van der Waals surface area contributed by atoms with E-state index in [1.165, 1.54) is 5.23 Å². The van der Waals surface area contributed by atoms with Crippen LogP contribution in [0.2, 0.25) is 0 Å². The van der Waals surface area contributed by atoms with Gasteiger partial charge in [-0.15, -0.1) is 5.23 Å². The fourth-order valence-corrected chi connectivity index (χ4v) is 2.24. The topological polar surface area (TPSA) is 40.2 Å². The number of nitrogens with zero attached hydrogens (tertiary/aromatic N) is 1. The number of anilines is 1. The molecule has 0 N–H and O–H groups in total. The Morgan fingerprint density at radius 3 is 2.25 bits per heavy atom. The van der Waals surface area contributed by atoms with Gasteiger partial charge < -0.3 is 9.47 Å². The first kappa shape index (κ1) is 19.0. The smallest absolute Gasteiger partial charge is 0.124 e. The van der Waals surface area contributed by atoms with E-state index in [0.29, 0.717) is 13.2 Å². The number of hydrogen-bond acceptors (Lipinski definition) is 5. The predicted molar refractivity (Wildman–Crippen MR) is 95.2 cm³/mol. The van der Waals surface area contributed by atoms with Crippen LogP contribution in [0.5, 0.6) is 5.75 Å². The van der Waals surface area contributed by atoms with Gasteiger partial charge in [0.25, 0.3) is 0 Å². The fraction of sp³-hybridized carbons (Fsp3) is 0.684. The molecular formula is C19H31NO4. The number of hydrogen-bond donors (Lipinski definition) is 0. The molecule has 0 amide bonds. The molecule has 0 aliphatic carbocycles. The lowest BCUT2D eigenvalue weighted by molar-refractivity contribution is -0.0275. The van der Waals surface area contributed by atoms with Crippen molar-refractivity contribution >= 4 is 5.69 Å². The fourth-order valence-electron chi connectivity index (χ4n) is 2.24. The summed E-state index contributed by atoms with van der Waals surface area (Å²) in [5.74, 6) is 0.827. The van der Waals surface area contributed by atoms with Gasteiger partial charge in [-0.3, -0.25) is 0 Å². The summed E-state index contributed by atoms with van der Waals surface area (Å²) in [5.41, 5.74) is 1.13. The molecule has 1 aromatic carbocycles. The van der Waals surface area contributed by atoms with Gasteiger partial charge in [-0.2, -0.15) is 0 Å². The van der Waals surface area contributed by atoms with Crippen LogP contribution in [0, 0.1) is 6.92 Å². The number of ether oxygens (including phenoxy) is 2. The Bertz CT molecular complexity index is 526. The van der Waals surface area contributed by atoms with E-state index < -0.39 is 11.2 Å². The first-order chi connectivity index (χ1) is 11.3. The lowest BCUT2D eigenvalue weighted by atomic mass is 9.90. The van der Waals surface area contributed by atoms with Crippen molar-refractivity contribution in [2.24, 2.45) is 0 Å². The van der Waals surface area contributed by atoms with Crippen LogP contribution in [0.1, 0.15) is 53.0 Å². The molecular weight excluding hydrogens is 306 g/mol. The Morgan fingerprint density at radius 2 is 1.67 bits per heavy atom. The van der Waals surface area contributed by atoms with Crippen molar-refractivity contribution in [2.75, 3.05) is 25.0 Å². The van der Waals surface area contributed by atoms with Crippen LogP contribution < -0.4 is 9.96 Å². The molecule has 5 heteroatoms. The highest BCUT2D eigenvalue weighted by atomic mass is 17.0. The van der Waals surface area contributed by atoms with Crippen molar-refractivity contribution in [2.45, 2.75) is 65.6 Å². The summed E-state index contributed by atoms with van der Waals surface area (Å²) < 4.78 is 11.2. The van der Waals surface area contributed by atoms with Crippen molar-refractivity contribution in [3.63, 3.8) is 0 Å². The largest absolute Gasteiger partial charge is 0.491 e. The molecule has 0 aromatic heterocycles. The second kappa shape index (κ2) is 7.72. The number of unbranched alkanes of at least 4 members (excludes halogenated alkanes) is 1. The highest BCUT2D eigenvalue weighted by Gasteiger charge is 2.50. The maximum Gasteiger partial charge on any atom is 0.124 e. The molecule has 5 nitrogen and oxygen atoms in total. The van der Waals surface area contributed by atoms with Crippen molar-refractivity contribution in [1.82, 2.24) is 0 Å². The molecule has 0 bridgehead atoms. The summed E-state index contributed by atoms with van der Waals surface area (Å²) >= 11 is 0. The third kappa shape index (κ3) is 4.41. The predicted octanol–water partition coefficient (Wildman–Crippen LogP) is 4.43. The average Bonchev–Trinajstić information content (AvgIpc) is 2.71. The van der Waals surface area contributed by atoms with E-state index >= 15 is 0 Å². The molecule has 1 saturated heterocycles. The molecule has 0 spiro atoms. The van der Waals surface area contributed by atoms with E-state index in [2.05, 4.69) is 6.92 Å². The van der Waals surface area contributed by atoms with Crippen LogP contribution in [-0.2, 0) is 14.4 Å². The Hall–Kier alpha value is -1.30. The number of rotatable bonds is 8. The van der Waals surface area contributed by atoms with Gasteiger partial charge in [0.2, 0.25) is 0 Å². The minimum atomic E-state index is -0.398. The zero-order chi connectivity index (χ0) is 17.8. The van der Waals surface area contributed by atoms with Crippen molar-refractivity contribution in [1.29, 1.82) is 0 Å². The van der Waals surface area contributed by atoms with E-state index in [1.807, 2.05) is 52.8 Å². The molecule has 1 heterocycles. The van der Waals surface area contributed by atoms with Gasteiger partial charge in [0.05, 0.1) is 12.3 Å². The number of benzene rings is 1. The Balaban J connectivity index is 1.91. The van der Waals surface area contributed by atoms with E-state index in [-0.39, 0.29) is 0 Å². The summed E-state index contributed by atoms with van der Waals surface area (Å²) in [5, 5.41) is 1.52. The summed E-state index contributed by atoms with van der Waals surface area (Å²) in [6.45, 7) is 14.2. The lowest BCUT2D eigenvalue weighted by Gasteiger charge is -2.26. The second-order valence-corrected chi connectivity index (χ2v) is 7.22. The zero-order valence-electron chi connectivity index (χ0n) is 15.8. The summed E-state index contributed by atoms with van der Waals surface area (Å²) in [7, 11) is 0. The zero-order valence-corrected chi connectivity index (χ0v) is 15.8. The SMILES string of the molecule is CCCCOCCOc1ccc(N2OC(C)(C)C(C)(C)O2)c(C)c1. The molecule has 1 aliphatic rings. The van der Waals surface area contributed by atoms with E-state index in [0.717, 1.165) is 36.4 Å². The molecule has 0 unspecified atom stereocenters. The van der Waals surface area contributed by atoms with Gasteiger partial charge >= 0.3 is 0 Å². The van der Waals surface area contributed by atoms with E-state index in [9.17, 15) is 0 Å². The first-order valence-electron chi connectivity index (χ1n) is 8.76. The molecule has 1 aromatic rings. The second-order valence-electron chi connectivity index (χ2n) is 7.22. The van der Waals surface area contributed by atoms with Gasteiger partial charge in [-0.1, -0.05) is 13.3 Å². The van der Waals surface area contributed by atoms with Crippen molar-refractivity contribution in [3.8, 4) is 5.75 Å². The Morgan fingerprint density at radius 1 is 1.00 bits per heavy atom. The van der Waals surface area contributed by atoms with Crippen LogP contribution in [-0.4, -0.2) is 31.0 Å². The van der Waals surface area contributed by atoms with E-state index in [4.69, 9.17) is 19.1 Å². The van der Waals surface area contributed by atoms with Crippen molar-refractivity contribution in [3.05, 3.63) is 23.8 Å². The molecule has 2 rings (SSSR count). The van der Waals surface area contributed by atoms with Gasteiger partial charge in [0.1, 0.15) is 23.6 Å². The van der Waals surface area contributed by atoms with Crippen LogP contribution in [0.4, 0.5) is 5.69 Å². The highest BCUT2D eigenvalue weighted by Crippen LogP contribution is 2.41. The number of aryl methyl sites for hydroxylation is 1. The lowest BCUT2D eigenvalue weighted by Crippen LogP contribution is -2.41. The normalized spacial score (nSPS) is 18.8. The molecule has 1 aliphatic heterocycles. The minimum absolute atomic E-state index is 0.398. The standard InChI is InChI=1S/C19H31NO4/c1-7-8-11-21-12-13-22-16-9-10-17(15(2)14-16)20-23-18(3,4)19(5,6)24-20/h9-10,14H,7-8,11-13H2,1-6H3. The van der Waals surface area contributed by atoms with Crippen LogP contribution in [0.3, 0.4) is 0 Å².